The van der Waals surface area contributed by atoms with Crippen molar-refractivity contribution in [2.45, 2.75) is 62.6 Å². The predicted molar refractivity (Wildman–Crippen MR) is 161 cm³/mol. The number of piperazine rings is 1. The Labute approximate surface area is 240 Å². The molecule has 1 saturated carbocycles. The number of nitrogens with one attached hydrogen (secondary N) is 1. The van der Waals surface area contributed by atoms with E-state index >= 15 is 0 Å². The topological polar surface area (TPSA) is 121 Å². The van der Waals surface area contributed by atoms with E-state index in [1.54, 1.807) is 6.20 Å². The van der Waals surface area contributed by atoms with Crippen molar-refractivity contribution in [3.8, 4) is 0 Å². The number of hydrogen-bond donors (Lipinski definition) is 3. The molecule has 4 aromatic rings. The van der Waals surface area contributed by atoms with Gasteiger partial charge in [0.15, 0.2) is 5.95 Å². The van der Waals surface area contributed by atoms with Crippen LogP contribution in [0.25, 0.3) is 10.8 Å². The molecule has 4 atom stereocenters. The lowest BCUT2D eigenvalue weighted by Crippen LogP contribution is -2.63. The molecule has 1 saturated heterocycles. The third-order valence-electron chi connectivity index (χ3n) is 8.83. The van der Waals surface area contributed by atoms with Gasteiger partial charge >= 0.3 is 0 Å². The maximum absolute atomic E-state index is 14.0. The molecule has 41 heavy (non-hydrogen) atoms. The fourth-order valence-corrected chi connectivity index (χ4v) is 6.42. The molecule has 1 aliphatic heterocycles. The highest BCUT2D eigenvalue weighted by Crippen LogP contribution is 2.51. The number of carbonyl (C=O) groups excluding carboxylic acids is 2. The summed E-state index contributed by atoms with van der Waals surface area (Å²) in [4.78, 5) is 38.8. The fraction of sp³-hybridized carbons (Fsp3) is 0.364. The first-order valence-electron chi connectivity index (χ1n) is 14.5. The van der Waals surface area contributed by atoms with Crippen LogP contribution < -0.4 is 11.5 Å². The summed E-state index contributed by atoms with van der Waals surface area (Å²) < 4.78 is 0. The summed E-state index contributed by atoms with van der Waals surface area (Å²) in [6.45, 7) is 3.01. The lowest BCUT2D eigenvalue weighted by molar-refractivity contribution is -0.147. The number of nitrogens with two attached hydrogens (primary N) is 2. The number of aryl methyl sites for hydroxylation is 1. The molecular weight excluding hydrogens is 512 g/mol. The van der Waals surface area contributed by atoms with Gasteiger partial charge in [-0.25, -0.2) is 4.98 Å². The van der Waals surface area contributed by atoms with E-state index in [-0.39, 0.29) is 29.8 Å². The number of rotatable bonds is 8. The lowest BCUT2D eigenvalue weighted by Gasteiger charge is -2.46. The summed E-state index contributed by atoms with van der Waals surface area (Å²) in [6.07, 6.45) is 5.08. The number of imidazole rings is 1. The monoisotopic (exact) mass is 550 g/mol. The van der Waals surface area contributed by atoms with E-state index in [1.807, 2.05) is 65.3 Å². The molecule has 1 aromatic heterocycles. The average Bonchev–Trinajstić information content (AvgIpc) is 3.52. The van der Waals surface area contributed by atoms with E-state index in [0.29, 0.717) is 31.9 Å². The van der Waals surface area contributed by atoms with Crippen LogP contribution in [0.3, 0.4) is 0 Å². The van der Waals surface area contributed by atoms with E-state index in [9.17, 15) is 9.59 Å². The highest BCUT2D eigenvalue weighted by Gasteiger charge is 2.60. The lowest BCUT2D eigenvalue weighted by atomic mass is 9.97. The fourth-order valence-electron chi connectivity index (χ4n) is 6.42. The van der Waals surface area contributed by atoms with Gasteiger partial charge in [-0.15, -0.1) is 0 Å². The van der Waals surface area contributed by atoms with E-state index in [1.165, 1.54) is 0 Å². The molecule has 0 bridgehead atoms. The summed E-state index contributed by atoms with van der Waals surface area (Å²) in [5, 5.41) is 2.29. The van der Waals surface area contributed by atoms with Gasteiger partial charge in [0, 0.05) is 36.8 Å². The molecule has 5 N–H and O–H groups in total. The summed E-state index contributed by atoms with van der Waals surface area (Å²) in [7, 11) is 0. The molecule has 1 aliphatic carbocycles. The molecule has 0 spiro atoms. The molecule has 8 nitrogen and oxygen atoms in total. The Morgan fingerprint density at radius 1 is 1.00 bits per heavy atom. The van der Waals surface area contributed by atoms with Gasteiger partial charge < -0.3 is 26.3 Å². The minimum Gasteiger partial charge on any atom is -0.369 e. The summed E-state index contributed by atoms with van der Waals surface area (Å²) >= 11 is 0. The summed E-state index contributed by atoms with van der Waals surface area (Å²) in [5.41, 5.74) is 14.7. The molecule has 0 unspecified atom stereocenters. The van der Waals surface area contributed by atoms with E-state index in [0.717, 1.165) is 46.9 Å². The van der Waals surface area contributed by atoms with Crippen molar-refractivity contribution < 1.29 is 9.59 Å². The Kier molecular flexibility index (Phi) is 7.26. The number of aromatic nitrogens is 2. The number of anilines is 1. The molecule has 2 amide bonds. The minimum atomic E-state index is -0.894. The zero-order valence-corrected chi connectivity index (χ0v) is 23.5. The van der Waals surface area contributed by atoms with Crippen LogP contribution in [-0.4, -0.2) is 62.3 Å². The third kappa shape index (κ3) is 5.57. The maximum Gasteiger partial charge on any atom is 0.243 e. The SMILES string of the molecule is C[C@@H]1CN(C(=O)[C@]2(N)C[C@@H]2c2ccccc2)[C@@H](CCCc2cnc(N)[nH]2)CN1C(=O)Cc1ccc2ccccc2c1. The molecule has 3 aromatic carbocycles. The number of hydrogen-bond acceptors (Lipinski definition) is 5. The Hall–Kier alpha value is -4.17. The van der Waals surface area contributed by atoms with Crippen molar-refractivity contribution in [2.75, 3.05) is 18.8 Å². The zero-order chi connectivity index (χ0) is 28.6. The second-order valence-corrected chi connectivity index (χ2v) is 11.8. The van der Waals surface area contributed by atoms with E-state index in [4.69, 9.17) is 11.5 Å². The number of amides is 2. The van der Waals surface area contributed by atoms with Crippen LogP contribution in [0.15, 0.2) is 79.0 Å². The van der Waals surface area contributed by atoms with Gasteiger partial charge in [0.2, 0.25) is 11.8 Å². The Bertz CT molecular complexity index is 1550. The third-order valence-corrected chi connectivity index (χ3v) is 8.83. The zero-order valence-electron chi connectivity index (χ0n) is 23.5. The number of H-pyrrole nitrogens is 1. The molecule has 0 radical (unpaired) electrons. The molecule has 2 fully saturated rings. The van der Waals surface area contributed by atoms with Crippen molar-refractivity contribution in [2.24, 2.45) is 5.73 Å². The van der Waals surface area contributed by atoms with E-state index < -0.39 is 5.54 Å². The normalized spacial score (nSPS) is 24.0. The van der Waals surface area contributed by atoms with Gasteiger partial charge in [-0.2, -0.15) is 0 Å². The van der Waals surface area contributed by atoms with Crippen molar-refractivity contribution in [1.29, 1.82) is 0 Å². The second-order valence-electron chi connectivity index (χ2n) is 11.8. The number of nitrogens with zero attached hydrogens (tertiary/aromatic N) is 3. The first-order valence-corrected chi connectivity index (χ1v) is 14.5. The standard InChI is InChI=1S/C33H38N6O2/c1-22-20-39(31(41)33(35)18-29(33)25-9-3-2-4-10-25)28(13-7-12-27-19-36-32(34)37-27)21-38(22)30(40)17-23-14-15-24-8-5-6-11-26(24)16-23/h2-6,8-11,14-16,19,22,28-29H,7,12-13,17-18,20-21,35H2,1H3,(H3,34,36,37)/t22-,28+,29-,33+/m1/s1. The van der Waals surface area contributed by atoms with E-state index in [2.05, 4.69) is 34.2 Å². The maximum atomic E-state index is 14.0. The minimum absolute atomic E-state index is 0.00406. The summed E-state index contributed by atoms with van der Waals surface area (Å²) in [5.74, 6) is 0.505. The van der Waals surface area contributed by atoms with Crippen LogP contribution in [0.1, 0.15) is 48.9 Å². The van der Waals surface area contributed by atoms with Crippen LogP contribution in [-0.2, 0) is 22.4 Å². The Morgan fingerprint density at radius 3 is 2.51 bits per heavy atom. The predicted octanol–water partition coefficient (Wildman–Crippen LogP) is 4.02. The summed E-state index contributed by atoms with van der Waals surface area (Å²) in [6, 6.07) is 24.2. The first kappa shape index (κ1) is 27.0. The van der Waals surface area contributed by atoms with Crippen molar-refractivity contribution >= 4 is 28.5 Å². The second kappa shape index (κ2) is 11.0. The van der Waals surface area contributed by atoms with Gasteiger partial charge in [0.25, 0.3) is 0 Å². The number of benzene rings is 3. The number of nitrogen functional groups attached to an aromatic ring is 1. The van der Waals surface area contributed by atoms with Crippen molar-refractivity contribution in [3.05, 3.63) is 95.8 Å². The van der Waals surface area contributed by atoms with Crippen LogP contribution >= 0.6 is 0 Å². The number of fused-ring (bicyclic) bond motifs is 1. The van der Waals surface area contributed by atoms with Crippen LogP contribution in [0, 0.1) is 0 Å². The quantitative estimate of drug-likeness (QED) is 0.306. The van der Waals surface area contributed by atoms with Gasteiger partial charge in [-0.1, -0.05) is 72.8 Å². The molecule has 2 heterocycles. The van der Waals surface area contributed by atoms with Crippen LogP contribution in [0.4, 0.5) is 5.95 Å². The van der Waals surface area contributed by atoms with Crippen LogP contribution in [0.5, 0.6) is 0 Å². The highest BCUT2D eigenvalue weighted by atomic mass is 16.2. The molecule has 8 heteroatoms. The average molecular weight is 551 g/mol. The van der Waals surface area contributed by atoms with Gasteiger partial charge in [-0.3, -0.25) is 9.59 Å². The Morgan fingerprint density at radius 2 is 1.76 bits per heavy atom. The molecular formula is C33H38N6O2. The first-order chi connectivity index (χ1) is 19.8. The molecule has 212 valence electrons. The molecule has 6 rings (SSSR count). The number of carbonyl (C=O) groups is 2. The van der Waals surface area contributed by atoms with Crippen molar-refractivity contribution in [1.82, 2.24) is 19.8 Å². The van der Waals surface area contributed by atoms with Gasteiger partial charge in [-0.05, 0) is 54.5 Å². The van der Waals surface area contributed by atoms with Crippen LogP contribution in [0.2, 0.25) is 0 Å². The largest absolute Gasteiger partial charge is 0.369 e. The smallest absolute Gasteiger partial charge is 0.243 e. The van der Waals surface area contributed by atoms with Gasteiger partial charge in [0.05, 0.1) is 12.6 Å². The van der Waals surface area contributed by atoms with Gasteiger partial charge in [0.1, 0.15) is 5.54 Å². The number of aromatic amines is 1. The highest BCUT2D eigenvalue weighted by molar-refractivity contribution is 5.92. The van der Waals surface area contributed by atoms with Crippen molar-refractivity contribution in [3.63, 3.8) is 0 Å². The molecule has 2 aliphatic rings. The Balaban J connectivity index is 1.18.